The van der Waals surface area contributed by atoms with Crippen LogP contribution in [0.15, 0.2) is 29.1 Å². The van der Waals surface area contributed by atoms with Crippen molar-refractivity contribution in [3.63, 3.8) is 0 Å². The Balaban J connectivity index is 2.09. The summed E-state index contributed by atoms with van der Waals surface area (Å²) in [7, 11) is 1.78. The van der Waals surface area contributed by atoms with Crippen LogP contribution in [-0.4, -0.2) is 35.6 Å². The van der Waals surface area contributed by atoms with Gasteiger partial charge in [-0.3, -0.25) is 0 Å². The molecule has 0 aliphatic carbocycles. The first-order valence-electron chi connectivity index (χ1n) is 6.25. The Hall–Kier alpha value is -2.90. The van der Waals surface area contributed by atoms with Gasteiger partial charge in [0.15, 0.2) is 5.69 Å². The first-order valence-corrected chi connectivity index (χ1v) is 6.25. The van der Waals surface area contributed by atoms with E-state index in [1.807, 2.05) is 19.1 Å². The van der Waals surface area contributed by atoms with Gasteiger partial charge in [-0.15, -0.1) is 5.10 Å². The number of furan rings is 1. The van der Waals surface area contributed by atoms with E-state index < -0.39 is 5.97 Å². The molecule has 8 nitrogen and oxygen atoms in total. The molecule has 0 atom stereocenters. The normalized spacial score (nSPS) is 11.0. The molecule has 0 bridgehead atoms. The molecule has 8 heteroatoms. The number of aryl methyl sites for hydroxylation is 2. The van der Waals surface area contributed by atoms with Crippen LogP contribution in [-0.2, 0) is 13.6 Å². The lowest BCUT2D eigenvalue weighted by atomic mass is 10.2. The molecule has 21 heavy (non-hydrogen) atoms. The highest BCUT2D eigenvalue weighted by Gasteiger charge is 2.23. The van der Waals surface area contributed by atoms with Crippen molar-refractivity contribution in [2.24, 2.45) is 7.05 Å². The quantitative estimate of drug-likeness (QED) is 0.777. The van der Waals surface area contributed by atoms with Crippen molar-refractivity contribution in [3.05, 3.63) is 41.9 Å². The fourth-order valence-electron chi connectivity index (χ4n) is 2.12. The van der Waals surface area contributed by atoms with E-state index in [0.29, 0.717) is 23.7 Å². The number of hydrogen-bond donors (Lipinski definition) is 1. The van der Waals surface area contributed by atoms with Crippen LogP contribution in [0.25, 0.3) is 11.4 Å². The molecule has 0 aliphatic rings. The van der Waals surface area contributed by atoms with Crippen molar-refractivity contribution < 1.29 is 14.3 Å². The molecule has 1 N–H and O–H groups in total. The molecular formula is C13H13N5O3. The maximum absolute atomic E-state index is 11.3. The van der Waals surface area contributed by atoms with E-state index in [1.54, 1.807) is 24.1 Å². The van der Waals surface area contributed by atoms with Gasteiger partial charge >= 0.3 is 5.97 Å². The van der Waals surface area contributed by atoms with Crippen molar-refractivity contribution in [1.29, 1.82) is 0 Å². The Morgan fingerprint density at radius 3 is 2.81 bits per heavy atom. The van der Waals surface area contributed by atoms with Gasteiger partial charge in [0.1, 0.15) is 23.8 Å². The number of carbonyl (C=O) groups is 1. The maximum atomic E-state index is 11.3. The largest absolute Gasteiger partial charge is 0.476 e. The Kier molecular flexibility index (Phi) is 3.05. The second-order valence-electron chi connectivity index (χ2n) is 4.65. The molecular weight excluding hydrogens is 274 g/mol. The van der Waals surface area contributed by atoms with Gasteiger partial charge < -0.3 is 14.1 Å². The molecule has 0 aromatic carbocycles. The summed E-state index contributed by atoms with van der Waals surface area (Å²) in [6, 6.07) is 3.67. The summed E-state index contributed by atoms with van der Waals surface area (Å²) in [5.41, 5.74) is 0.916. The van der Waals surface area contributed by atoms with E-state index in [9.17, 15) is 9.90 Å². The van der Waals surface area contributed by atoms with E-state index in [1.165, 1.54) is 4.68 Å². The summed E-state index contributed by atoms with van der Waals surface area (Å²) < 4.78 is 8.72. The minimum Gasteiger partial charge on any atom is -0.476 e. The van der Waals surface area contributed by atoms with Crippen LogP contribution in [0.4, 0.5) is 0 Å². The number of nitrogens with zero attached hydrogens (tertiary/aromatic N) is 5. The molecule has 3 aromatic heterocycles. The highest BCUT2D eigenvalue weighted by Crippen LogP contribution is 2.22. The zero-order chi connectivity index (χ0) is 15.0. The Bertz CT molecular complexity index is 798. The smallest absolute Gasteiger partial charge is 0.358 e. The van der Waals surface area contributed by atoms with Crippen LogP contribution in [0.2, 0.25) is 0 Å². The van der Waals surface area contributed by atoms with Crippen molar-refractivity contribution in [2.75, 3.05) is 0 Å². The third-order valence-corrected chi connectivity index (χ3v) is 3.10. The molecule has 0 spiro atoms. The van der Waals surface area contributed by atoms with Gasteiger partial charge in [-0.2, -0.15) is 0 Å². The Labute approximate surface area is 119 Å². The standard InChI is InChI=1S/C13H13N5O3/c1-8-3-4-9(21-8)6-18-12(10-5-14-7-17(10)2)11(13(19)20)15-16-18/h3-5,7H,6H2,1-2H3,(H,19,20). The third-order valence-electron chi connectivity index (χ3n) is 3.10. The molecule has 0 fully saturated rings. The molecule has 3 aromatic rings. The second-order valence-corrected chi connectivity index (χ2v) is 4.65. The van der Waals surface area contributed by atoms with Crippen molar-refractivity contribution in [3.8, 4) is 11.4 Å². The van der Waals surface area contributed by atoms with E-state index >= 15 is 0 Å². The van der Waals surface area contributed by atoms with Gasteiger partial charge in [0, 0.05) is 7.05 Å². The SMILES string of the molecule is Cc1ccc(Cn2nnc(C(=O)O)c2-c2cncn2C)o1. The number of aromatic carboxylic acids is 1. The van der Waals surface area contributed by atoms with Gasteiger partial charge in [0.25, 0.3) is 0 Å². The number of hydrogen-bond acceptors (Lipinski definition) is 5. The van der Waals surface area contributed by atoms with Gasteiger partial charge in [0.05, 0.1) is 18.2 Å². The molecule has 3 rings (SSSR count). The highest BCUT2D eigenvalue weighted by atomic mass is 16.4. The Morgan fingerprint density at radius 2 is 2.24 bits per heavy atom. The molecule has 0 saturated heterocycles. The van der Waals surface area contributed by atoms with Crippen molar-refractivity contribution in [2.45, 2.75) is 13.5 Å². The molecule has 3 heterocycles. The monoisotopic (exact) mass is 287 g/mol. The number of carboxylic acids is 1. The van der Waals surface area contributed by atoms with Crippen LogP contribution < -0.4 is 0 Å². The van der Waals surface area contributed by atoms with Crippen LogP contribution in [0.5, 0.6) is 0 Å². The zero-order valence-corrected chi connectivity index (χ0v) is 11.5. The summed E-state index contributed by atoms with van der Waals surface area (Å²) in [6.07, 6.45) is 3.17. The lowest BCUT2D eigenvalue weighted by Crippen LogP contribution is -2.07. The second kappa shape index (κ2) is 4.89. The minimum absolute atomic E-state index is 0.109. The first-order chi connectivity index (χ1) is 10.1. The van der Waals surface area contributed by atoms with Crippen LogP contribution in [0.3, 0.4) is 0 Å². The molecule has 0 aliphatic heterocycles. The van der Waals surface area contributed by atoms with E-state index in [-0.39, 0.29) is 5.69 Å². The van der Waals surface area contributed by atoms with Gasteiger partial charge in [-0.05, 0) is 19.1 Å². The molecule has 0 saturated carbocycles. The molecule has 108 valence electrons. The fraction of sp³-hybridized carbons (Fsp3) is 0.231. The number of imidazole rings is 1. The van der Waals surface area contributed by atoms with Crippen molar-refractivity contribution in [1.82, 2.24) is 24.5 Å². The fourth-order valence-corrected chi connectivity index (χ4v) is 2.12. The number of carboxylic acid groups (broad SMARTS) is 1. The van der Waals surface area contributed by atoms with Crippen LogP contribution in [0.1, 0.15) is 22.0 Å². The van der Waals surface area contributed by atoms with Crippen LogP contribution in [0, 0.1) is 6.92 Å². The topological polar surface area (TPSA) is 99.0 Å². The number of aromatic nitrogens is 5. The zero-order valence-electron chi connectivity index (χ0n) is 11.5. The van der Waals surface area contributed by atoms with Gasteiger partial charge in [-0.25, -0.2) is 14.5 Å². The Morgan fingerprint density at radius 1 is 1.43 bits per heavy atom. The van der Waals surface area contributed by atoms with E-state index in [0.717, 1.165) is 5.76 Å². The maximum Gasteiger partial charge on any atom is 0.358 e. The average Bonchev–Trinajstić information content (AvgIpc) is 3.11. The summed E-state index contributed by atoms with van der Waals surface area (Å²) >= 11 is 0. The predicted molar refractivity (Wildman–Crippen MR) is 71.7 cm³/mol. The summed E-state index contributed by atoms with van der Waals surface area (Å²) in [4.78, 5) is 15.3. The summed E-state index contributed by atoms with van der Waals surface area (Å²) in [6.45, 7) is 2.14. The molecule has 0 amide bonds. The predicted octanol–water partition coefficient (Wildman–Crippen LogP) is 1.33. The highest BCUT2D eigenvalue weighted by molar-refractivity contribution is 5.92. The molecule has 0 radical (unpaired) electrons. The lowest BCUT2D eigenvalue weighted by molar-refractivity contribution is 0.0691. The summed E-state index contributed by atoms with van der Waals surface area (Å²) in [5.74, 6) is 0.330. The van der Waals surface area contributed by atoms with Gasteiger partial charge in [-0.1, -0.05) is 5.21 Å². The van der Waals surface area contributed by atoms with Crippen LogP contribution >= 0.6 is 0 Å². The first kappa shape index (κ1) is 13.1. The summed E-state index contributed by atoms with van der Waals surface area (Å²) in [5, 5.41) is 16.9. The third kappa shape index (κ3) is 2.31. The van der Waals surface area contributed by atoms with Crippen molar-refractivity contribution >= 4 is 5.97 Å². The minimum atomic E-state index is -1.13. The van der Waals surface area contributed by atoms with E-state index in [2.05, 4.69) is 15.3 Å². The van der Waals surface area contributed by atoms with Gasteiger partial charge in [0.2, 0.25) is 0 Å². The average molecular weight is 287 g/mol. The lowest BCUT2D eigenvalue weighted by Gasteiger charge is -2.06. The number of rotatable bonds is 4. The molecule has 0 unspecified atom stereocenters. The van der Waals surface area contributed by atoms with E-state index in [4.69, 9.17) is 4.42 Å².